The molecule has 20 heavy (non-hydrogen) atoms. The first-order chi connectivity index (χ1) is 9.66. The molecule has 2 aromatic rings. The standard InChI is InChI=1S/C15H14F3NO/c16-13-9-15(18)14(17)8-11(13)10-19-6-7-20-12-4-2-1-3-5-12/h1-5,8-9,19H,6-7,10H2. The smallest absolute Gasteiger partial charge is 0.161 e. The van der Waals surface area contributed by atoms with E-state index in [0.29, 0.717) is 19.2 Å². The van der Waals surface area contributed by atoms with E-state index in [1.54, 1.807) is 0 Å². The zero-order valence-corrected chi connectivity index (χ0v) is 10.7. The summed E-state index contributed by atoms with van der Waals surface area (Å²) in [5, 5.41) is 2.91. The summed E-state index contributed by atoms with van der Waals surface area (Å²) < 4.78 is 44.4. The second kappa shape index (κ2) is 6.96. The Kier molecular flexibility index (Phi) is 5.01. The number of benzene rings is 2. The predicted octanol–water partition coefficient (Wildman–Crippen LogP) is 3.27. The minimum absolute atomic E-state index is 0.0867. The molecule has 2 nitrogen and oxygen atoms in total. The van der Waals surface area contributed by atoms with Crippen LogP contribution in [0.3, 0.4) is 0 Å². The van der Waals surface area contributed by atoms with E-state index in [-0.39, 0.29) is 12.1 Å². The summed E-state index contributed by atoms with van der Waals surface area (Å²) >= 11 is 0. The molecule has 0 spiro atoms. The van der Waals surface area contributed by atoms with Crippen LogP contribution in [0.25, 0.3) is 0 Å². The molecule has 0 aliphatic rings. The monoisotopic (exact) mass is 281 g/mol. The molecule has 106 valence electrons. The Hall–Kier alpha value is -2.01. The van der Waals surface area contributed by atoms with Gasteiger partial charge in [-0.05, 0) is 18.2 Å². The lowest BCUT2D eigenvalue weighted by atomic mass is 10.2. The van der Waals surface area contributed by atoms with Crippen molar-refractivity contribution in [3.8, 4) is 5.75 Å². The molecule has 0 aromatic heterocycles. The van der Waals surface area contributed by atoms with Crippen molar-refractivity contribution >= 4 is 0 Å². The summed E-state index contributed by atoms with van der Waals surface area (Å²) in [6.07, 6.45) is 0. The zero-order chi connectivity index (χ0) is 14.4. The maximum atomic E-state index is 13.3. The zero-order valence-electron chi connectivity index (χ0n) is 10.7. The summed E-state index contributed by atoms with van der Waals surface area (Å²) in [6, 6.07) is 10.7. The summed E-state index contributed by atoms with van der Waals surface area (Å²) in [5.41, 5.74) is 0.0867. The number of para-hydroxylation sites is 1. The maximum absolute atomic E-state index is 13.3. The Bertz CT molecular complexity index is 561. The molecule has 0 aliphatic heterocycles. The van der Waals surface area contributed by atoms with E-state index in [1.807, 2.05) is 30.3 Å². The lowest BCUT2D eigenvalue weighted by Gasteiger charge is -2.08. The van der Waals surface area contributed by atoms with Crippen LogP contribution in [0, 0.1) is 17.5 Å². The van der Waals surface area contributed by atoms with Gasteiger partial charge in [-0.1, -0.05) is 18.2 Å². The van der Waals surface area contributed by atoms with Crippen LogP contribution in [-0.4, -0.2) is 13.2 Å². The topological polar surface area (TPSA) is 21.3 Å². The van der Waals surface area contributed by atoms with Gasteiger partial charge in [-0.3, -0.25) is 0 Å². The summed E-state index contributed by atoms with van der Waals surface area (Å²) in [5.74, 6) is -2.25. The second-order valence-corrected chi connectivity index (χ2v) is 4.20. The van der Waals surface area contributed by atoms with Crippen molar-refractivity contribution < 1.29 is 17.9 Å². The van der Waals surface area contributed by atoms with Gasteiger partial charge in [-0.15, -0.1) is 0 Å². The lowest BCUT2D eigenvalue weighted by Crippen LogP contribution is -2.21. The lowest BCUT2D eigenvalue weighted by molar-refractivity contribution is 0.313. The highest BCUT2D eigenvalue weighted by molar-refractivity contribution is 5.21. The fourth-order valence-corrected chi connectivity index (χ4v) is 1.68. The quantitative estimate of drug-likeness (QED) is 0.648. The second-order valence-electron chi connectivity index (χ2n) is 4.20. The third kappa shape index (κ3) is 3.99. The van der Waals surface area contributed by atoms with Gasteiger partial charge in [0.1, 0.15) is 18.2 Å². The van der Waals surface area contributed by atoms with Crippen LogP contribution in [0.5, 0.6) is 5.75 Å². The number of ether oxygens (including phenoxy) is 1. The molecule has 0 bridgehead atoms. The highest BCUT2D eigenvalue weighted by Gasteiger charge is 2.09. The van der Waals surface area contributed by atoms with Crippen molar-refractivity contribution in [1.29, 1.82) is 0 Å². The Morgan fingerprint density at radius 1 is 0.900 bits per heavy atom. The van der Waals surface area contributed by atoms with Gasteiger partial charge in [0.15, 0.2) is 11.6 Å². The van der Waals surface area contributed by atoms with Gasteiger partial charge in [-0.25, -0.2) is 13.2 Å². The molecular weight excluding hydrogens is 267 g/mol. The number of hydrogen-bond donors (Lipinski definition) is 1. The van der Waals surface area contributed by atoms with Crippen LogP contribution in [0.2, 0.25) is 0 Å². The van der Waals surface area contributed by atoms with E-state index in [1.165, 1.54) is 0 Å². The molecule has 5 heteroatoms. The minimum Gasteiger partial charge on any atom is -0.492 e. The van der Waals surface area contributed by atoms with Crippen LogP contribution < -0.4 is 10.1 Å². The number of halogens is 3. The molecule has 0 radical (unpaired) electrons. The van der Waals surface area contributed by atoms with Crippen LogP contribution >= 0.6 is 0 Å². The van der Waals surface area contributed by atoms with Gasteiger partial charge in [0.25, 0.3) is 0 Å². The highest BCUT2D eigenvalue weighted by atomic mass is 19.2. The third-order valence-electron chi connectivity index (χ3n) is 2.70. The molecule has 0 heterocycles. The molecule has 2 rings (SSSR count). The van der Waals surface area contributed by atoms with Gasteiger partial charge in [-0.2, -0.15) is 0 Å². The van der Waals surface area contributed by atoms with Crippen LogP contribution in [0.1, 0.15) is 5.56 Å². The highest BCUT2D eigenvalue weighted by Crippen LogP contribution is 2.13. The van der Waals surface area contributed by atoms with Crippen molar-refractivity contribution in [1.82, 2.24) is 5.32 Å². The molecule has 0 unspecified atom stereocenters. The fourth-order valence-electron chi connectivity index (χ4n) is 1.68. The molecule has 1 N–H and O–H groups in total. The minimum atomic E-state index is -1.18. The summed E-state index contributed by atoms with van der Waals surface area (Å²) in [6.45, 7) is 0.976. The normalized spacial score (nSPS) is 10.6. The molecule has 2 aromatic carbocycles. The first-order valence-corrected chi connectivity index (χ1v) is 6.19. The van der Waals surface area contributed by atoms with Gasteiger partial charge in [0.2, 0.25) is 0 Å². The maximum Gasteiger partial charge on any atom is 0.161 e. The molecular formula is C15H14F3NO. The van der Waals surface area contributed by atoms with Crippen molar-refractivity contribution in [2.45, 2.75) is 6.54 Å². The Morgan fingerprint density at radius 2 is 1.60 bits per heavy atom. The first-order valence-electron chi connectivity index (χ1n) is 6.19. The number of hydrogen-bond acceptors (Lipinski definition) is 2. The predicted molar refractivity (Wildman–Crippen MR) is 70.0 cm³/mol. The molecule has 0 saturated carbocycles. The number of nitrogens with one attached hydrogen (secondary N) is 1. The first kappa shape index (κ1) is 14.4. The number of rotatable bonds is 6. The van der Waals surface area contributed by atoms with E-state index < -0.39 is 17.5 Å². The van der Waals surface area contributed by atoms with Crippen molar-refractivity contribution in [3.63, 3.8) is 0 Å². The molecule has 0 aliphatic carbocycles. The van der Waals surface area contributed by atoms with Gasteiger partial charge in [0.05, 0.1) is 0 Å². The van der Waals surface area contributed by atoms with Crippen molar-refractivity contribution in [2.24, 2.45) is 0 Å². The van der Waals surface area contributed by atoms with E-state index in [2.05, 4.69) is 5.32 Å². The van der Waals surface area contributed by atoms with Crippen LogP contribution in [-0.2, 0) is 6.54 Å². The Labute approximate surface area is 115 Å². The van der Waals surface area contributed by atoms with Crippen molar-refractivity contribution in [3.05, 3.63) is 65.5 Å². The SMILES string of the molecule is Fc1cc(F)c(CNCCOc2ccccc2)cc1F. The fraction of sp³-hybridized carbons (Fsp3) is 0.200. The Morgan fingerprint density at radius 3 is 2.35 bits per heavy atom. The largest absolute Gasteiger partial charge is 0.492 e. The van der Waals surface area contributed by atoms with E-state index >= 15 is 0 Å². The molecule has 0 atom stereocenters. The van der Waals surface area contributed by atoms with E-state index in [0.717, 1.165) is 11.8 Å². The van der Waals surface area contributed by atoms with Gasteiger partial charge >= 0.3 is 0 Å². The molecule has 0 amide bonds. The van der Waals surface area contributed by atoms with Gasteiger partial charge < -0.3 is 10.1 Å². The van der Waals surface area contributed by atoms with E-state index in [4.69, 9.17) is 4.74 Å². The summed E-state index contributed by atoms with van der Waals surface area (Å²) in [7, 11) is 0. The van der Waals surface area contributed by atoms with Crippen LogP contribution in [0.4, 0.5) is 13.2 Å². The van der Waals surface area contributed by atoms with Gasteiger partial charge in [0, 0.05) is 24.7 Å². The van der Waals surface area contributed by atoms with Crippen molar-refractivity contribution in [2.75, 3.05) is 13.2 Å². The van der Waals surface area contributed by atoms with E-state index in [9.17, 15) is 13.2 Å². The Balaban J connectivity index is 1.75. The average molecular weight is 281 g/mol. The third-order valence-corrected chi connectivity index (χ3v) is 2.70. The average Bonchev–Trinajstić information content (AvgIpc) is 2.45. The van der Waals surface area contributed by atoms with Crippen LogP contribution in [0.15, 0.2) is 42.5 Å². The molecule has 0 saturated heterocycles. The summed E-state index contributed by atoms with van der Waals surface area (Å²) in [4.78, 5) is 0. The molecule has 0 fully saturated rings.